The Morgan fingerprint density at radius 1 is 1.36 bits per heavy atom. The molecule has 0 amide bonds. The van der Waals surface area contributed by atoms with E-state index >= 15 is 0 Å². The van der Waals surface area contributed by atoms with Crippen molar-refractivity contribution in [2.75, 3.05) is 0 Å². The average Bonchev–Trinajstić information content (AvgIpc) is 2.38. The highest BCUT2D eigenvalue weighted by Gasteiger charge is 1.87. The van der Waals surface area contributed by atoms with Crippen LogP contribution in [0, 0.1) is 0 Å². The van der Waals surface area contributed by atoms with Gasteiger partial charge in [-0.15, -0.1) is 17.1 Å². The summed E-state index contributed by atoms with van der Waals surface area (Å²) in [5, 5.41) is 3.37. The molecule has 54 valence electrons. The molecule has 0 saturated heterocycles. The SMILES string of the molecule is CC1=CC=c2ccsc2=C=C1. The fourth-order valence-electron chi connectivity index (χ4n) is 1.02. The van der Waals surface area contributed by atoms with Gasteiger partial charge < -0.3 is 0 Å². The van der Waals surface area contributed by atoms with E-state index in [-0.39, 0.29) is 0 Å². The van der Waals surface area contributed by atoms with Gasteiger partial charge >= 0.3 is 0 Å². The van der Waals surface area contributed by atoms with Crippen LogP contribution < -0.4 is 9.75 Å². The summed E-state index contributed by atoms with van der Waals surface area (Å²) >= 11 is 1.73. The number of rotatable bonds is 0. The summed E-state index contributed by atoms with van der Waals surface area (Å²) in [5.41, 5.74) is 4.51. The molecule has 0 spiro atoms. The van der Waals surface area contributed by atoms with Gasteiger partial charge in [-0.1, -0.05) is 12.2 Å². The number of hydrogen-bond acceptors (Lipinski definition) is 1. The highest BCUT2D eigenvalue weighted by molar-refractivity contribution is 7.07. The van der Waals surface area contributed by atoms with Crippen LogP contribution in [0.3, 0.4) is 0 Å². The minimum absolute atomic E-state index is 1.23. The third kappa shape index (κ3) is 1.21. The summed E-state index contributed by atoms with van der Waals surface area (Å²) in [7, 11) is 0. The first-order valence-electron chi connectivity index (χ1n) is 3.55. The first kappa shape index (κ1) is 6.66. The lowest BCUT2D eigenvalue weighted by Gasteiger charge is -1.79. The lowest BCUT2D eigenvalue weighted by molar-refractivity contribution is 1.56. The van der Waals surface area contributed by atoms with Gasteiger partial charge in [0.1, 0.15) is 0 Å². The number of thiophene rings is 1. The monoisotopic (exact) mass is 160 g/mol. The minimum Gasteiger partial charge on any atom is -0.135 e. The predicted molar refractivity (Wildman–Crippen MR) is 49.8 cm³/mol. The molecule has 2 rings (SSSR count). The molecule has 0 nitrogen and oxygen atoms in total. The van der Waals surface area contributed by atoms with Crippen molar-refractivity contribution in [2.24, 2.45) is 0 Å². The van der Waals surface area contributed by atoms with Gasteiger partial charge in [0.05, 0.1) is 4.53 Å². The first-order chi connectivity index (χ1) is 5.36. The van der Waals surface area contributed by atoms with Crippen LogP contribution in [-0.2, 0) is 0 Å². The molecule has 0 bridgehead atoms. The van der Waals surface area contributed by atoms with Gasteiger partial charge in [-0.2, -0.15) is 0 Å². The Morgan fingerprint density at radius 3 is 3.18 bits per heavy atom. The van der Waals surface area contributed by atoms with Crippen LogP contribution in [0.4, 0.5) is 0 Å². The standard InChI is InChI=1S/C10H8S/c1-8-2-4-9-6-7-11-10(9)5-3-8/h2-4,6-7H,1H3. The van der Waals surface area contributed by atoms with Crippen molar-refractivity contribution in [2.45, 2.75) is 6.92 Å². The number of fused-ring (bicyclic) bond motifs is 1. The summed E-state index contributed by atoms with van der Waals surface area (Å²) < 4.78 is 1.23. The van der Waals surface area contributed by atoms with Gasteiger partial charge in [-0.05, 0) is 30.0 Å². The van der Waals surface area contributed by atoms with E-state index in [1.54, 1.807) is 11.3 Å². The van der Waals surface area contributed by atoms with Crippen LogP contribution in [0.25, 0.3) is 11.8 Å². The van der Waals surface area contributed by atoms with Crippen molar-refractivity contribution in [1.29, 1.82) is 0 Å². The Bertz CT molecular complexity index is 439. The van der Waals surface area contributed by atoms with Crippen molar-refractivity contribution >= 4 is 23.1 Å². The predicted octanol–water partition coefficient (Wildman–Crippen LogP) is 1.42. The molecule has 11 heavy (non-hydrogen) atoms. The average molecular weight is 160 g/mol. The molecule has 0 saturated carbocycles. The topological polar surface area (TPSA) is 0 Å². The van der Waals surface area contributed by atoms with Crippen molar-refractivity contribution in [3.8, 4) is 0 Å². The highest BCUT2D eigenvalue weighted by atomic mass is 32.1. The second kappa shape index (κ2) is 2.54. The van der Waals surface area contributed by atoms with Gasteiger partial charge in [0.15, 0.2) is 0 Å². The molecule has 0 fully saturated rings. The first-order valence-corrected chi connectivity index (χ1v) is 4.43. The zero-order valence-corrected chi connectivity index (χ0v) is 7.11. The number of allylic oxidation sites excluding steroid dienone is 3. The minimum atomic E-state index is 1.23. The van der Waals surface area contributed by atoms with Crippen LogP contribution in [0.15, 0.2) is 29.2 Å². The molecule has 1 heteroatoms. The van der Waals surface area contributed by atoms with Crippen molar-refractivity contribution in [3.63, 3.8) is 0 Å². The Balaban J connectivity index is 2.91. The summed E-state index contributed by atoms with van der Waals surface area (Å²) in [6, 6.07) is 2.12. The molecule has 0 unspecified atom stereocenters. The second-order valence-corrected chi connectivity index (χ2v) is 3.49. The maximum absolute atomic E-state index is 3.25. The molecule has 0 N–H and O–H groups in total. The summed E-state index contributed by atoms with van der Waals surface area (Å²) in [4.78, 5) is 0. The Hall–Kier alpha value is -1.04. The molecule has 1 aromatic rings. The molecule has 0 aliphatic heterocycles. The fraction of sp³-hybridized carbons (Fsp3) is 0.100. The van der Waals surface area contributed by atoms with E-state index in [1.165, 1.54) is 15.3 Å². The molecule has 1 aliphatic rings. The third-order valence-electron chi connectivity index (χ3n) is 1.65. The van der Waals surface area contributed by atoms with E-state index in [4.69, 9.17) is 0 Å². The highest BCUT2D eigenvalue weighted by Crippen LogP contribution is 1.95. The van der Waals surface area contributed by atoms with Crippen LogP contribution in [0.2, 0.25) is 0 Å². The van der Waals surface area contributed by atoms with E-state index < -0.39 is 0 Å². The van der Waals surface area contributed by atoms with Crippen molar-refractivity contribution in [1.82, 2.24) is 0 Å². The van der Waals surface area contributed by atoms with Crippen LogP contribution in [0.1, 0.15) is 6.92 Å². The molecule has 1 aromatic heterocycles. The van der Waals surface area contributed by atoms with E-state index in [0.717, 1.165) is 0 Å². The zero-order chi connectivity index (χ0) is 7.68. The van der Waals surface area contributed by atoms with E-state index in [9.17, 15) is 0 Å². The maximum atomic E-state index is 3.25. The summed E-state index contributed by atoms with van der Waals surface area (Å²) in [6.45, 7) is 2.08. The summed E-state index contributed by atoms with van der Waals surface area (Å²) in [5.74, 6) is 0. The molecule has 0 aromatic carbocycles. The van der Waals surface area contributed by atoms with E-state index in [2.05, 4.69) is 36.3 Å². The van der Waals surface area contributed by atoms with Gasteiger partial charge in [0.2, 0.25) is 0 Å². The van der Waals surface area contributed by atoms with Gasteiger partial charge in [-0.3, -0.25) is 0 Å². The maximum Gasteiger partial charge on any atom is 0.0760 e. The van der Waals surface area contributed by atoms with Crippen LogP contribution in [-0.4, -0.2) is 0 Å². The molecule has 0 radical (unpaired) electrons. The van der Waals surface area contributed by atoms with E-state index in [0.29, 0.717) is 0 Å². The molecule has 1 heterocycles. The molecule has 1 aliphatic carbocycles. The Morgan fingerprint density at radius 2 is 2.27 bits per heavy atom. The lowest BCUT2D eigenvalue weighted by atomic mass is 10.3. The lowest BCUT2D eigenvalue weighted by Crippen LogP contribution is -2.14. The number of hydrogen-bond donors (Lipinski definition) is 0. The Kier molecular flexibility index (Phi) is 1.54. The van der Waals surface area contributed by atoms with Crippen molar-refractivity contribution < 1.29 is 0 Å². The largest absolute Gasteiger partial charge is 0.135 e. The quantitative estimate of drug-likeness (QED) is 0.538. The normalized spacial score (nSPS) is 14.1. The zero-order valence-electron chi connectivity index (χ0n) is 6.29. The fourth-order valence-corrected chi connectivity index (χ4v) is 1.77. The van der Waals surface area contributed by atoms with Crippen LogP contribution >= 0.6 is 11.3 Å². The molecule has 0 atom stereocenters. The van der Waals surface area contributed by atoms with Crippen LogP contribution in [0.5, 0.6) is 0 Å². The third-order valence-corrected chi connectivity index (χ3v) is 2.51. The van der Waals surface area contributed by atoms with Gasteiger partial charge in [0.25, 0.3) is 0 Å². The van der Waals surface area contributed by atoms with E-state index in [1.807, 2.05) is 6.08 Å². The van der Waals surface area contributed by atoms with Crippen molar-refractivity contribution in [3.05, 3.63) is 38.9 Å². The van der Waals surface area contributed by atoms with Gasteiger partial charge in [0, 0.05) is 5.22 Å². The smallest absolute Gasteiger partial charge is 0.0760 e. The molecular formula is C10H8S. The molecular weight excluding hydrogens is 152 g/mol. The van der Waals surface area contributed by atoms with Gasteiger partial charge in [-0.25, -0.2) is 0 Å². The Labute approximate surface area is 69.5 Å². The second-order valence-electron chi connectivity index (χ2n) is 2.57. The summed E-state index contributed by atoms with van der Waals surface area (Å²) in [6.07, 6.45) is 6.28.